The number of carbonyl (C=O) groups excluding carboxylic acids is 1. The molecule has 0 heterocycles. The summed E-state index contributed by atoms with van der Waals surface area (Å²) in [5, 5.41) is 2.86. The fourth-order valence-corrected chi connectivity index (χ4v) is 2.57. The van der Waals surface area contributed by atoms with Crippen LogP contribution in [0, 0.1) is 17.7 Å². The Kier molecular flexibility index (Phi) is 4.69. The maximum absolute atomic E-state index is 13.8. The Bertz CT molecular complexity index is 573. The van der Waals surface area contributed by atoms with E-state index in [1.165, 1.54) is 12.1 Å². The topological polar surface area (TPSA) is 55.1 Å². The average molecular weight is 292 g/mol. The van der Waals surface area contributed by atoms with Gasteiger partial charge in [-0.2, -0.15) is 11.8 Å². The first-order valence-corrected chi connectivity index (χ1v) is 7.64. The molecule has 0 unspecified atom stereocenters. The van der Waals surface area contributed by atoms with Crippen molar-refractivity contribution >= 4 is 17.7 Å². The molecule has 0 saturated heterocycles. The first-order valence-electron chi connectivity index (χ1n) is 6.42. The first kappa shape index (κ1) is 14.9. The van der Waals surface area contributed by atoms with E-state index in [-0.39, 0.29) is 22.8 Å². The van der Waals surface area contributed by atoms with Crippen molar-refractivity contribution in [3.05, 3.63) is 35.1 Å². The molecule has 106 valence electrons. The van der Waals surface area contributed by atoms with Crippen LogP contribution in [0.4, 0.5) is 4.39 Å². The van der Waals surface area contributed by atoms with Crippen LogP contribution in [0.1, 0.15) is 28.8 Å². The molecule has 1 fully saturated rings. The number of thioether (sulfide) groups is 1. The zero-order valence-electron chi connectivity index (χ0n) is 11.3. The van der Waals surface area contributed by atoms with Gasteiger partial charge in [-0.25, -0.2) is 4.39 Å². The molecule has 1 aromatic rings. The molecule has 3 N–H and O–H groups in total. The number of halogens is 1. The molecule has 1 aliphatic carbocycles. The summed E-state index contributed by atoms with van der Waals surface area (Å²) in [5.41, 5.74) is 5.82. The minimum absolute atomic E-state index is 0.179. The van der Waals surface area contributed by atoms with Crippen LogP contribution in [0.25, 0.3) is 0 Å². The maximum Gasteiger partial charge on any atom is 0.251 e. The van der Waals surface area contributed by atoms with Crippen molar-refractivity contribution in [1.82, 2.24) is 5.32 Å². The second-order valence-corrected chi connectivity index (χ2v) is 6.04. The van der Waals surface area contributed by atoms with Crippen LogP contribution in [0.2, 0.25) is 0 Å². The van der Waals surface area contributed by atoms with Crippen molar-refractivity contribution in [2.75, 3.05) is 19.3 Å². The number of hydrogen-bond donors (Lipinski definition) is 2. The fourth-order valence-electron chi connectivity index (χ4n) is 1.84. The summed E-state index contributed by atoms with van der Waals surface area (Å²) < 4.78 is 14.0. The van der Waals surface area contributed by atoms with Gasteiger partial charge in [-0.05, 0) is 37.3 Å². The molecule has 0 aliphatic heterocycles. The van der Waals surface area contributed by atoms with Gasteiger partial charge >= 0.3 is 0 Å². The fraction of sp³-hybridized carbons (Fsp3) is 0.400. The van der Waals surface area contributed by atoms with E-state index < -0.39 is 5.82 Å². The Morgan fingerprint density at radius 2 is 2.30 bits per heavy atom. The van der Waals surface area contributed by atoms with E-state index in [1.807, 2.05) is 6.26 Å². The lowest BCUT2D eigenvalue weighted by atomic mass is 10.1. The molecule has 5 heteroatoms. The van der Waals surface area contributed by atoms with Gasteiger partial charge < -0.3 is 11.1 Å². The Labute approximate surface area is 122 Å². The molecular weight excluding hydrogens is 275 g/mol. The largest absolute Gasteiger partial charge is 0.351 e. The van der Waals surface area contributed by atoms with Crippen molar-refractivity contribution in [1.29, 1.82) is 0 Å². The van der Waals surface area contributed by atoms with E-state index in [1.54, 1.807) is 17.8 Å². The van der Waals surface area contributed by atoms with Crippen LogP contribution >= 0.6 is 11.8 Å². The van der Waals surface area contributed by atoms with Gasteiger partial charge in [0.15, 0.2) is 0 Å². The summed E-state index contributed by atoms with van der Waals surface area (Å²) in [6.07, 6.45) is 4.29. The van der Waals surface area contributed by atoms with Gasteiger partial charge in [-0.3, -0.25) is 4.79 Å². The zero-order valence-corrected chi connectivity index (χ0v) is 12.1. The minimum atomic E-state index is -0.496. The second kappa shape index (κ2) is 6.29. The monoisotopic (exact) mass is 292 g/mol. The lowest BCUT2D eigenvalue weighted by Gasteiger charge is -2.13. The van der Waals surface area contributed by atoms with E-state index in [9.17, 15) is 9.18 Å². The van der Waals surface area contributed by atoms with Crippen molar-refractivity contribution in [2.45, 2.75) is 17.6 Å². The molecule has 1 amide bonds. The van der Waals surface area contributed by atoms with E-state index in [0.717, 1.165) is 12.8 Å². The van der Waals surface area contributed by atoms with Crippen molar-refractivity contribution in [2.24, 2.45) is 5.73 Å². The molecule has 0 radical (unpaired) electrons. The molecule has 0 aromatic heterocycles. The summed E-state index contributed by atoms with van der Waals surface area (Å²) in [7, 11) is 0. The molecular formula is C15H17FN2OS. The second-order valence-electron chi connectivity index (χ2n) is 4.77. The van der Waals surface area contributed by atoms with Gasteiger partial charge in [-0.15, -0.1) is 0 Å². The lowest BCUT2D eigenvalue weighted by molar-refractivity contribution is 0.0952. The highest BCUT2D eigenvalue weighted by Gasteiger charge is 2.41. The highest BCUT2D eigenvalue weighted by atomic mass is 32.2. The van der Waals surface area contributed by atoms with Crippen molar-refractivity contribution in [3.8, 4) is 11.8 Å². The van der Waals surface area contributed by atoms with Crippen LogP contribution in [-0.4, -0.2) is 30.0 Å². The Morgan fingerprint density at radius 1 is 1.55 bits per heavy atom. The van der Waals surface area contributed by atoms with E-state index in [0.29, 0.717) is 12.1 Å². The first-order chi connectivity index (χ1) is 9.60. The third kappa shape index (κ3) is 3.53. The molecule has 1 saturated carbocycles. The number of nitrogens with two attached hydrogens (primary N) is 1. The van der Waals surface area contributed by atoms with E-state index in [2.05, 4.69) is 17.2 Å². The average Bonchev–Trinajstić information content (AvgIpc) is 3.24. The highest BCUT2D eigenvalue weighted by Crippen LogP contribution is 2.46. The van der Waals surface area contributed by atoms with Crippen LogP contribution < -0.4 is 11.1 Å². The summed E-state index contributed by atoms with van der Waals surface area (Å²) in [6, 6.07) is 4.31. The maximum atomic E-state index is 13.8. The molecule has 20 heavy (non-hydrogen) atoms. The molecule has 0 atom stereocenters. The number of amides is 1. The standard InChI is InChI=1S/C15H17FN2OS/c1-20-15(6-7-15)10-18-14(19)12-5-4-11(3-2-8-17)13(16)9-12/h4-5,9H,6-8,10,17H2,1H3,(H,18,19). The third-order valence-electron chi connectivity index (χ3n) is 3.37. The number of carbonyl (C=O) groups is 1. The molecule has 1 aliphatic rings. The zero-order chi connectivity index (χ0) is 14.6. The molecule has 3 nitrogen and oxygen atoms in total. The molecule has 1 aromatic carbocycles. The van der Waals surface area contributed by atoms with E-state index >= 15 is 0 Å². The SMILES string of the molecule is CSC1(CNC(=O)c2ccc(C#CCN)c(F)c2)CC1. The van der Waals surface area contributed by atoms with Gasteiger partial charge in [0.05, 0.1) is 12.1 Å². The summed E-state index contributed by atoms with van der Waals surface area (Å²) >= 11 is 1.77. The summed E-state index contributed by atoms with van der Waals surface area (Å²) in [5.74, 6) is 4.48. The van der Waals surface area contributed by atoms with Crippen molar-refractivity contribution < 1.29 is 9.18 Å². The van der Waals surface area contributed by atoms with Gasteiger partial charge in [0, 0.05) is 16.9 Å². The predicted octanol–water partition coefficient (Wildman–Crippen LogP) is 1.76. The van der Waals surface area contributed by atoms with Gasteiger partial charge in [0.2, 0.25) is 0 Å². The molecule has 0 bridgehead atoms. The highest BCUT2D eigenvalue weighted by molar-refractivity contribution is 8.00. The van der Waals surface area contributed by atoms with Gasteiger partial charge in [-0.1, -0.05) is 11.8 Å². The quantitative estimate of drug-likeness (QED) is 0.832. The summed E-state index contributed by atoms with van der Waals surface area (Å²) in [6.45, 7) is 0.807. The summed E-state index contributed by atoms with van der Waals surface area (Å²) in [4.78, 5) is 12.0. The Hall–Kier alpha value is -1.51. The van der Waals surface area contributed by atoms with E-state index in [4.69, 9.17) is 5.73 Å². The van der Waals surface area contributed by atoms with Crippen LogP contribution in [0.5, 0.6) is 0 Å². The smallest absolute Gasteiger partial charge is 0.251 e. The third-order valence-corrected chi connectivity index (χ3v) is 4.79. The van der Waals surface area contributed by atoms with Crippen LogP contribution in [0.3, 0.4) is 0 Å². The Balaban J connectivity index is 2.01. The normalized spacial score (nSPS) is 15.2. The molecule has 0 spiro atoms. The Morgan fingerprint density at radius 3 is 2.85 bits per heavy atom. The van der Waals surface area contributed by atoms with Gasteiger partial charge in [0.1, 0.15) is 5.82 Å². The lowest BCUT2D eigenvalue weighted by Crippen LogP contribution is -2.31. The number of rotatable bonds is 4. The van der Waals surface area contributed by atoms with Crippen LogP contribution in [0.15, 0.2) is 18.2 Å². The number of nitrogens with one attached hydrogen (secondary N) is 1. The van der Waals surface area contributed by atoms with Gasteiger partial charge in [0.25, 0.3) is 5.91 Å². The van der Waals surface area contributed by atoms with Crippen LogP contribution in [-0.2, 0) is 0 Å². The minimum Gasteiger partial charge on any atom is -0.351 e. The number of hydrogen-bond acceptors (Lipinski definition) is 3. The number of benzene rings is 1. The predicted molar refractivity (Wildman–Crippen MR) is 80.1 cm³/mol. The molecule has 2 rings (SSSR count). The van der Waals surface area contributed by atoms with Crippen molar-refractivity contribution in [3.63, 3.8) is 0 Å².